The summed E-state index contributed by atoms with van der Waals surface area (Å²) in [5.41, 5.74) is 5.12. The van der Waals surface area contributed by atoms with Crippen molar-refractivity contribution in [1.82, 2.24) is 5.32 Å². The van der Waals surface area contributed by atoms with E-state index in [4.69, 9.17) is 0 Å². The van der Waals surface area contributed by atoms with E-state index in [0.29, 0.717) is 27.7 Å². The van der Waals surface area contributed by atoms with Gasteiger partial charge in [0, 0.05) is 11.5 Å². The molecule has 0 aromatic carbocycles. The average molecular weight is 492 g/mol. The lowest BCUT2D eigenvalue weighted by atomic mass is 9.34. The van der Waals surface area contributed by atoms with Gasteiger partial charge in [-0.3, -0.25) is 0 Å². The van der Waals surface area contributed by atoms with E-state index in [1.54, 1.807) is 11.1 Å². The molecule has 4 saturated carbocycles. The van der Waals surface area contributed by atoms with Gasteiger partial charge in [-0.2, -0.15) is 0 Å². The van der Waals surface area contributed by atoms with Crippen molar-refractivity contribution >= 4 is 6.29 Å². The molecule has 10 atom stereocenters. The van der Waals surface area contributed by atoms with Crippen molar-refractivity contribution < 1.29 is 4.79 Å². The van der Waals surface area contributed by atoms with E-state index >= 15 is 0 Å². The Balaban J connectivity index is 1.29. The predicted molar refractivity (Wildman–Crippen MR) is 150 cm³/mol. The van der Waals surface area contributed by atoms with E-state index in [9.17, 15) is 4.79 Å². The molecule has 6 rings (SSSR count). The molecule has 0 aromatic rings. The predicted octanol–water partition coefficient (Wildman–Crippen LogP) is 8.28. The van der Waals surface area contributed by atoms with Crippen LogP contribution < -0.4 is 5.32 Å². The van der Waals surface area contributed by atoms with Gasteiger partial charge in [-0.15, -0.1) is 0 Å². The number of hydrogen-bond donors (Lipinski definition) is 1. The Kier molecular flexibility index (Phi) is 6.22. The summed E-state index contributed by atoms with van der Waals surface area (Å²) in [5, 5.41) is 4.06. The number of hydrogen-bond acceptors (Lipinski definition) is 2. The lowest BCUT2D eigenvalue weighted by Gasteiger charge is -2.71. The molecule has 0 saturated heterocycles. The number of aldehydes is 1. The van der Waals surface area contributed by atoms with Crippen molar-refractivity contribution in [3.05, 3.63) is 23.3 Å². The maximum atomic E-state index is 11.3. The minimum atomic E-state index is 0.256. The van der Waals surface area contributed by atoms with Crippen molar-refractivity contribution in [1.29, 1.82) is 0 Å². The number of nitrogens with one attached hydrogen (secondary N) is 1. The summed E-state index contributed by atoms with van der Waals surface area (Å²) >= 11 is 0. The van der Waals surface area contributed by atoms with Gasteiger partial charge in [-0.25, -0.2) is 0 Å². The maximum absolute atomic E-state index is 11.3. The van der Waals surface area contributed by atoms with Gasteiger partial charge in [0.25, 0.3) is 0 Å². The Hall–Kier alpha value is -0.890. The van der Waals surface area contributed by atoms with Crippen molar-refractivity contribution in [3.63, 3.8) is 0 Å². The van der Waals surface area contributed by atoms with Crippen LogP contribution in [0.5, 0.6) is 0 Å². The van der Waals surface area contributed by atoms with Gasteiger partial charge < -0.3 is 10.1 Å². The highest BCUT2D eigenvalue weighted by molar-refractivity contribution is 5.55. The third-order valence-electron chi connectivity index (χ3n) is 14.1. The van der Waals surface area contributed by atoms with Gasteiger partial charge in [0.05, 0.1) is 0 Å². The zero-order valence-corrected chi connectivity index (χ0v) is 24.0. The molecule has 0 amide bonds. The molecule has 0 aliphatic heterocycles. The second-order valence-corrected chi connectivity index (χ2v) is 15.0. The molecular formula is C34H53NO. The first kappa shape index (κ1) is 25.4. The van der Waals surface area contributed by atoms with Gasteiger partial charge in [-0.05, 0) is 141 Å². The van der Waals surface area contributed by atoms with Crippen LogP contribution in [0.2, 0.25) is 0 Å². The molecule has 1 N–H and O–H groups in total. The van der Waals surface area contributed by atoms with E-state index in [1.807, 2.05) is 0 Å². The highest BCUT2D eigenvalue weighted by Gasteiger charge is 2.68. The van der Waals surface area contributed by atoms with Gasteiger partial charge in [0.1, 0.15) is 6.29 Å². The van der Waals surface area contributed by atoms with E-state index in [1.165, 1.54) is 70.5 Å². The van der Waals surface area contributed by atoms with E-state index in [0.717, 1.165) is 49.5 Å². The largest absolute Gasteiger partial charge is 0.311 e. The Morgan fingerprint density at radius 2 is 1.75 bits per heavy atom. The molecule has 6 aliphatic carbocycles. The normalized spacial score (nSPS) is 52.2. The lowest BCUT2D eigenvalue weighted by Crippen LogP contribution is -2.66. The molecule has 2 heteroatoms. The number of carbonyl (C=O) groups excluding carboxylic acids is 1. The van der Waals surface area contributed by atoms with Crippen molar-refractivity contribution in [2.75, 3.05) is 6.54 Å². The Morgan fingerprint density at radius 3 is 2.47 bits per heavy atom. The van der Waals surface area contributed by atoms with E-state index in [-0.39, 0.29) is 5.92 Å². The molecule has 0 bridgehead atoms. The minimum Gasteiger partial charge on any atom is -0.311 e. The molecule has 0 heterocycles. The summed E-state index contributed by atoms with van der Waals surface area (Å²) in [6.45, 7) is 14.3. The highest BCUT2D eigenvalue weighted by Crippen LogP contribution is 2.75. The first-order valence-corrected chi connectivity index (χ1v) is 15.8. The van der Waals surface area contributed by atoms with Crippen molar-refractivity contribution in [2.24, 2.45) is 51.8 Å². The Morgan fingerprint density at radius 1 is 0.917 bits per heavy atom. The minimum absolute atomic E-state index is 0.256. The van der Waals surface area contributed by atoms with Crippen molar-refractivity contribution in [2.45, 2.75) is 124 Å². The molecule has 0 aromatic heterocycles. The van der Waals surface area contributed by atoms with Gasteiger partial charge in [0.15, 0.2) is 0 Å². The van der Waals surface area contributed by atoms with Gasteiger partial charge in [0.2, 0.25) is 0 Å². The molecule has 6 aliphatic rings. The first-order valence-electron chi connectivity index (χ1n) is 15.8. The van der Waals surface area contributed by atoms with Gasteiger partial charge >= 0.3 is 0 Å². The second-order valence-electron chi connectivity index (χ2n) is 15.0. The zero-order valence-electron chi connectivity index (χ0n) is 24.0. The zero-order chi connectivity index (χ0) is 25.3. The summed E-state index contributed by atoms with van der Waals surface area (Å²) in [6, 6.07) is 0. The summed E-state index contributed by atoms with van der Waals surface area (Å²) in [5.74, 6) is 4.42. The van der Waals surface area contributed by atoms with Crippen LogP contribution in [-0.4, -0.2) is 18.4 Å². The fraction of sp³-hybridized carbons (Fsp3) is 0.853. The lowest BCUT2D eigenvalue weighted by molar-refractivity contribution is -0.212. The summed E-state index contributed by atoms with van der Waals surface area (Å²) in [6.07, 6.45) is 23.7. The summed E-state index contributed by atoms with van der Waals surface area (Å²) in [4.78, 5) is 11.3. The average Bonchev–Trinajstić information content (AvgIpc) is 3.29. The fourth-order valence-corrected chi connectivity index (χ4v) is 12.1. The van der Waals surface area contributed by atoms with Crippen LogP contribution in [0.25, 0.3) is 0 Å². The molecule has 36 heavy (non-hydrogen) atoms. The van der Waals surface area contributed by atoms with Crippen LogP contribution >= 0.6 is 0 Å². The smallest absolute Gasteiger partial charge is 0.123 e. The van der Waals surface area contributed by atoms with Crippen LogP contribution in [0.15, 0.2) is 23.3 Å². The molecule has 2 nitrogen and oxygen atoms in total. The number of allylic oxidation sites excluding steroid dienone is 4. The van der Waals surface area contributed by atoms with E-state index in [2.05, 4.69) is 52.1 Å². The fourth-order valence-electron chi connectivity index (χ4n) is 12.1. The second kappa shape index (κ2) is 8.82. The number of carbonyl (C=O) groups is 1. The molecule has 200 valence electrons. The first-order chi connectivity index (χ1) is 17.2. The summed E-state index contributed by atoms with van der Waals surface area (Å²) in [7, 11) is 0. The molecule has 0 radical (unpaired) electrons. The van der Waals surface area contributed by atoms with Crippen LogP contribution in [0.4, 0.5) is 0 Å². The van der Waals surface area contributed by atoms with Crippen LogP contribution in [-0.2, 0) is 4.79 Å². The molecular weight excluding hydrogens is 438 g/mol. The Bertz CT molecular complexity index is 949. The van der Waals surface area contributed by atoms with Crippen LogP contribution in [0.3, 0.4) is 0 Å². The highest BCUT2D eigenvalue weighted by atomic mass is 16.1. The SMILES string of the molecule is CCNC12CCC[C@@H]1C1CCC3C4(C)CC=C(C5=CCC(C=O)CC5)C(C)C4CCC3(C)[C@]1(C)CC2. The third kappa shape index (κ3) is 3.34. The Labute approximate surface area is 221 Å². The van der Waals surface area contributed by atoms with Crippen molar-refractivity contribution in [3.8, 4) is 0 Å². The third-order valence-corrected chi connectivity index (χ3v) is 14.1. The summed E-state index contributed by atoms with van der Waals surface area (Å²) < 4.78 is 0. The maximum Gasteiger partial charge on any atom is 0.123 e. The number of fused-ring (bicyclic) bond motifs is 7. The van der Waals surface area contributed by atoms with E-state index < -0.39 is 0 Å². The van der Waals surface area contributed by atoms with Crippen LogP contribution in [0, 0.1) is 51.8 Å². The monoisotopic (exact) mass is 491 g/mol. The molecule has 8 unspecified atom stereocenters. The number of rotatable bonds is 4. The molecule has 0 spiro atoms. The van der Waals surface area contributed by atoms with Crippen LogP contribution in [0.1, 0.15) is 118 Å². The standard InChI is InChI=1S/C34H53NO/c1-6-35-34-17-7-8-29(34)28-13-14-30-31(3)18-15-26(25-11-9-24(22-36)10-12-25)23(2)27(31)16-19-33(30,5)32(28,4)20-21-34/h11,15,22-24,27-30,35H,6-10,12-14,16-21H2,1-5H3/t23?,24?,27?,28?,29-,30?,31?,32-,33?,34?/m1/s1. The van der Waals surface area contributed by atoms with Gasteiger partial charge in [-0.1, -0.05) is 53.2 Å². The molecule has 4 fully saturated rings. The quantitative estimate of drug-likeness (QED) is 0.401. The topological polar surface area (TPSA) is 29.1 Å².